The lowest BCUT2D eigenvalue weighted by atomic mass is 10.0. The van der Waals surface area contributed by atoms with Crippen LogP contribution in [0, 0.1) is 0 Å². The highest BCUT2D eigenvalue weighted by Gasteiger charge is 2.18. The highest BCUT2D eigenvalue weighted by atomic mass is 16.4. The van der Waals surface area contributed by atoms with Gasteiger partial charge in [-0.2, -0.15) is 0 Å². The van der Waals surface area contributed by atoms with E-state index < -0.39 is 5.60 Å². The molecule has 0 aliphatic carbocycles. The molecule has 0 aliphatic heterocycles. The van der Waals surface area contributed by atoms with E-state index in [0.29, 0.717) is 12.1 Å². The maximum atomic E-state index is 9.96. The van der Waals surface area contributed by atoms with Crippen LogP contribution in [0.4, 0.5) is 0 Å². The van der Waals surface area contributed by atoms with E-state index >= 15 is 0 Å². The second-order valence-electron chi connectivity index (χ2n) is 5.22. The Hall–Kier alpha value is -1.68. The van der Waals surface area contributed by atoms with Crippen LogP contribution in [0.1, 0.15) is 50.2 Å². The molecule has 102 valence electrons. The standard InChI is InChI=1S/C15H20N2O2/c1-4-6-14-16-10-12(19-14)9-11-7-5-8-13(17-11)15(2,3)18/h5,7-8,10,18H,4,6,9H2,1-3H3. The highest BCUT2D eigenvalue weighted by molar-refractivity contribution is 5.18. The molecule has 0 atom stereocenters. The Bertz CT molecular complexity index is 541. The van der Waals surface area contributed by atoms with Gasteiger partial charge in [-0.25, -0.2) is 4.98 Å². The molecule has 0 amide bonds. The lowest BCUT2D eigenvalue weighted by Gasteiger charge is -2.16. The third-order valence-electron chi connectivity index (χ3n) is 2.85. The van der Waals surface area contributed by atoms with Crippen molar-refractivity contribution in [3.63, 3.8) is 0 Å². The molecule has 0 aliphatic rings. The maximum Gasteiger partial charge on any atom is 0.194 e. The first kappa shape index (κ1) is 13.7. The van der Waals surface area contributed by atoms with Crippen molar-refractivity contribution >= 4 is 0 Å². The summed E-state index contributed by atoms with van der Waals surface area (Å²) in [6, 6.07) is 5.66. The predicted molar refractivity (Wildman–Crippen MR) is 72.8 cm³/mol. The van der Waals surface area contributed by atoms with Gasteiger partial charge in [0.1, 0.15) is 11.4 Å². The van der Waals surface area contributed by atoms with Crippen LogP contribution in [0.15, 0.2) is 28.8 Å². The molecule has 0 radical (unpaired) electrons. The molecule has 0 saturated heterocycles. The average molecular weight is 260 g/mol. The number of hydrogen-bond donors (Lipinski definition) is 1. The molecular weight excluding hydrogens is 240 g/mol. The van der Waals surface area contributed by atoms with Crippen molar-refractivity contribution in [3.8, 4) is 0 Å². The van der Waals surface area contributed by atoms with Gasteiger partial charge in [-0.3, -0.25) is 4.98 Å². The molecule has 0 fully saturated rings. The normalized spacial score (nSPS) is 11.8. The lowest BCUT2D eigenvalue weighted by Crippen LogP contribution is -2.18. The van der Waals surface area contributed by atoms with Gasteiger partial charge in [-0.15, -0.1) is 0 Å². The van der Waals surface area contributed by atoms with Crippen LogP contribution in [0.2, 0.25) is 0 Å². The summed E-state index contributed by atoms with van der Waals surface area (Å²) >= 11 is 0. The quantitative estimate of drug-likeness (QED) is 0.898. The van der Waals surface area contributed by atoms with Crippen LogP contribution in [-0.2, 0) is 18.4 Å². The summed E-state index contributed by atoms with van der Waals surface area (Å²) < 4.78 is 5.64. The first-order valence-electron chi connectivity index (χ1n) is 6.61. The van der Waals surface area contributed by atoms with Crippen molar-refractivity contribution in [2.45, 2.75) is 45.6 Å². The molecule has 0 spiro atoms. The largest absolute Gasteiger partial charge is 0.445 e. The molecule has 19 heavy (non-hydrogen) atoms. The van der Waals surface area contributed by atoms with Gasteiger partial charge in [0.05, 0.1) is 11.9 Å². The molecule has 2 aromatic rings. The Balaban J connectivity index is 2.14. The van der Waals surface area contributed by atoms with E-state index in [0.717, 1.165) is 30.2 Å². The predicted octanol–water partition coefficient (Wildman–Crippen LogP) is 2.84. The zero-order valence-corrected chi connectivity index (χ0v) is 11.7. The second kappa shape index (κ2) is 5.53. The fourth-order valence-electron chi connectivity index (χ4n) is 1.86. The number of aromatic nitrogens is 2. The number of oxazole rings is 1. The molecule has 2 rings (SSSR count). The third kappa shape index (κ3) is 3.64. The Labute approximate surface area is 113 Å². The summed E-state index contributed by atoms with van der Waals surface area (Å²) in [7, 11) is 0. The van der Waals surface area contributed by atoms with Crippen LogP contribution in [0.3, 0.4) is 0 Å². The molecule has 4 heteroatoms. The van der Waals surface area contributed by atoms with E-state index in [2.05, 4.69) is 16.9 Å². The summed E-state index contributed by atoms with van der Waals surface area (Å²) in [5.41, 5.74) is 0.613. The van der Waals surface area contributed by atoms with Crippen molar-refractivity contribution < 1.29 is 9.52 Å². The van der Waals surface area contributed by atoms with Crippen molar-refractivity contribution in [1.82, 2.24) is 9.97 Å². The summed E-state index contributed by atoms with van der Waals surface area (Å²) in [5.74, 6) is 1.58. The smallest absolute Gasteiger partial charge is 0.194 e. The minimum atomic E-state index is -0.926. The van der Waals surface area contributed by atoms with E-state index in [1.54, 1.807) is 20.0 Å². The van der Waals surface area contributed by atoms with Gasteiger partial charge in [0, 0.05) is 18.5 Å². The van der Waals surface area contributed by atoms with Crippen molar-refractivity contribution in [2.24, 2.45) is 0 Å². The number of pyridine rings is 1. The molecule has 0 bridgehead atoms. The van der Waals surface area contributed by atoms with Gasteiger partial charge in [-0.05, 0) is 32.4 Å². The van der Waals surface area contributed by atoms with Crippen LogP contribution in [0.5, 0.6) is 0 Å². The van der Waals surface area contributed by atoms with Crippen LogP contribution < -0.4 is 0 Å². The van der Waals surface area contributed by atoms with Crippen LogP contribution >= 0.6 is 0 Å². The Morgan fingerprint density at radius 3 is 2.79 bits per heavy atom. The maximum absolute atomic E-state index is 9.96. The number of hydrogen-bond acceptors (Lipinski definition) is 4. The fraction of sp³-hybridized carbons (Fsp3) is 0.467. The summed E-state index contributed by atoms with van der Waals surface area (Å²) in [6.45, 7) is 5.55. The molecule has 1 N–H and O–H groups in total. The zero-order valence-electron chi connectivity index (χ0n) is 11.7. The number of aliphatic hydroxyl groups is 1. The molecule has 0 aromatic carbocycles. The molecule has 2 aromatic heterocycles. The van der Waals surface area contributed by atoms with E-state index in [1.165, 1.54) is 0 Å². The molecule has 2 heterocycles. The SMILES string of the molecule is CCCc1ncc(Cc2cccc(C(C)(C)O)n2)o1. The molecule has 0 saturated carbocycles. The average Bonchev–Trinajstić information content (AvgIpc) is 2.76. The van der Waals surface area contributed by atoms with Crippen molar-refractivity contribution in [3.05, 3.63) is 47.4 Å². The highest BCUT2D eigenvalue weighted by Crippen LogP contribution is 2.18. The molecular formula is C15H20N2O2. The van der Waals surface area contributed by atoms with Gasteiger partial charge in [0.25, 0.3) is 0 Å². The Kier molecular flexibility index (Phi) is 4.00. The van der Waals surface area contributed by atoms with Gasteiger partial charge < -0.3 is 9.52 Å². The second-order valence-corrected chi connectivity index (χ2v) is 5.22. The molecule has 0 unspecified atom stereocenters. The van der Waals surface area contributed by atoms with Crippen LogP contribution in [-0.4, -0.2) is 15.1 Å². The van der Waals surface area contributed by atoms with E-state index in [4.69, 9.17) is 4.42 Å². The van der Waals surface area contributed by atoms with E-state index in [1.807, 2.05) is 18.2 Å². The first-order chi connectivity index (χ1) is 8.99. The van der Waals surface area contributed by atoms with Gasteiger partial charge in [0.2, 0.25) is 0 Å². The van der Waals surface area contributed by atoms with Crippen molar-refractivity contribution in [2.75, 3.05) is 0 Å². The summed E-state index contributed by atoms with van der Waals surface area (Å²) in [5, 5.41) is 9.96. The summed E-state index contributed by atoms with van der Waals surface area (Å²) in [6.07, 6.45) is 4.23. The van der Waals surface area contributed by atoms with E-state index in [9.17, 15) is 5.11 Å². The summed E-state index contributed by atoms with van der Waals surface area (Å²) in [4.78, 5) is 8.69. The topological polar surface area (TPSA) is 59.2 Å². The minimum absolute atomic E-state index is 0.598. The van der Waals surface area contributed by atoms with Gasteiger partial charge in [-0.1, -0.05) is 13.0 Å². The number of rotatable bonds is 5. The zero-order chi connectivity index (χ0) is 13.9. The Morgan fingerprint density at radius 1 is 1.32 bits per heavy atom. The monoisotopic (exact) mass is 260 g/mol. The number of aryl methyl sites for hydroxylation is 1. The number of nitrogens with zero attached hydrogens (tertiary/aromatic N) is 2. The third-order valence-corrected chi connectivity index (χ3v) is 2.85. The van der Waals surface area contributed by atoms with Crippen LogP contribution in [0.25, 0.3) is 0 Å². The molecule has 4 nitrogen and oxygen atoms in total. The van der Waals surface area contributed by atoms with Gasteiger partial charge in [0.15, 0.2) is 5.89 Å². The minimum Gasteiger partial charge on any atom is -0.445 e. The lowest BCUT2D eigenvalue weighted by molar-refractivity contribution is 0.0736. The van der Waals surface area contributed by atoms with Crippen molar-refractivity contribution in [1.29, 1.82) is 0 Å². The van der Waals surface area contributed by atoms with E-state index in [-0.39, 0.29) is 0 Å². The fourth-order valence-corrected chi connectivity index (χ4v) is 1.86. The van der Waals surface area contributed by atoms with Gasteiger partial charge >= 0.3 is 0 Å². The first-order valence-corrected chi connectivity index (χ1v) is 6.61. The Morgan fingerprint density at radius 2 is 2.11 bits per heavy atom.